The van der Waals surface area contributed by atoms with Crippen molar-refractivity contribution in [2.75, 3.05) is 11.9 Å². The molecule has 1 atom stereocenters. The summed E-state index contributed by atoms with van der Waals surface area (Å²) in [5, 5.41) is 13.3. The zero-order chi connectivity index (χ0) is 17.4. The van der Waals surface area contributed by atoms with E-state index in [1.54, 1.807) is 0 Å². The van der Waals surface area contributed by atoms with Gasteiger partial charge in [0, 0.05) is 41.1 Å². The molecule has 0 saturated heterocycles. The second-order valence-corrected chi connectivity index (χ2v) is 7.51. The fourth-order valence-corrected chi connectivity index (χ4v) is 4.22. The third-order valence-corrected chi connectivity index (χ3v) is 5.64. The van der Waals surface area contributed by atoms with Gasteiger partial charge in [0.2, 0.25) is 0 Å². The van der Waals surface area contributed by atoms with E-state index in [9.17, 15) is 5.11 Å². The molecule has 4 rings (SSSR count). The van der Waals surface area contributed by atoms with Gasteiger partial charge in [0.1, 0.15) is 0 Å². The predicted octanol–water partition coefficient (Wildman–Crippen LogP) is 4.90. The number of halogens is 1. The fraction of sp³-hybridized carbons (Fsp3) is 0.238. The lowest BCUT2D eigenvalue weighted by Crippen LogP contribution is -2.39. The highest BCUT2D eigenvalue weighted by Gasteiger charge is 2.40. The van der Waals surface area contributed by atoms with Crippen molar-refractivity contribution < 1.29 is 5.11 Å². The summed E-state index contributed by atoms with van der Waals surface area (Å²) >= 11 is 3.54. The topological polar surface area (TPSA) is 37.2 Å². The molecular formula is C21H21BrN2O. The maximum Gasteiger partial charge on any atom is 0.0901 e. The number of benzene rings is 2. The van der Waals surface area contributed by atoms with Crippen LogP contribution in [0.5, 0.6) is 0 Å². The Bertz CT molecular complexity index is 901. The lowest BCUT2D eigenvalue weighted by molar-refractivity contribution is 0.273. The molecule has 128 valence electrons. The average molecular weight is 397 g/mol. The molecule has 25 heavy (non-hydrogen) atoms. The van der Waals surface area contributed by atoms with Crippen molar-refractivity contribution >= 4 is 21.6 Å². The largest absolute Gasteiger partial charge is 0.396 e. The second kappa shape index (κ2) is 6.36. The van der Waals surface area contributed by atoms with Crippen LogP contribution in [-0.2, 0) is 12.6 Å². The molecule has 0 fully saturated rings. The van der Waals surface area contributed by atoms with Crippen LogP contribution in [0, 0.1) is 0 Å². The summed E-state index contributed by atoms with van der Waals surface area (Å²) in [4.78, 5) is 0. The first-order chi connectivity index (χ1) is 12.2. The van der Waals surface area contributed by atoms with E-state index in [0.29, 0.717) is 0 Å². The van der Waals surface area contributed by atoms with Crippen LogP contribution in [-0.4, -0.2) is 16.3 Å². The molecule has 0 bridgehead atoms. The van der Waals surface area contributed by atoms with Crippen LogP contribution in [0.25, 0.3) is 11.3 Å². The molecular weight excluding hydrogens is 376 g/mol. The number of hydrogen-bond donors (Lipinski definition) is 2. The van der Waals surface area contributed by atoms with E-state index in [1.165, 1.54) is 22.4 Å². The molecule has 0 spiro atoms. The molecule has 1 aliphatic heterocycles. The molecule has 0 saturated carbocycles. The summed E-state index contributed by atoms with van der Waals surface area (Å²) in [6, 6.07) is 19.2. The van der Waals surface area contributed by atoms with Crippen LogP contribution in [0.3, 0.4) is 0 Å². The predicted molar refractivity (Wildman–Crippen MR) is 106 cm³/mol. The van der Waals surface area contributed by atoms with E-state index < -0.39 is 0 Å². The van der Waals surface area contributed by atoms with Crippen LogP contribution < -0.4 is 5.32 Å². The number of para-hydroxylation sites is 1. The van der Waals surface area contributed by atoms with Gasteiger partial charge in [0.25, 0.3) is 0 Å². The third kappa shape index (κ3) is 2.60. The highest BCUT2D eigenvalue weighted by atomic mass is 79.9. The summed E-state index contributed by atoms with van der Waals surface area (Å²) in [5.74, 6) is 0. The van der Waals surface area contributed by atoms with Gasteiger partial charge in [0.05, 0.1) is 11.2 Å². The summed E-state index contributed by atoms with van der Waals surface area (Å²) < 4.78 is 3.26. The van der Waals surface area contributed by atoms with Gasteiger partial charge in [-0.15, -0.1) is 0 Å². The minimum absolute atomic E-state index is 0.184. The van der Waals surface area contributed by atoms with E-state index in [0.717, 1.165) is 23.0 Å². The number of rotatable bonds is 4. The Labute approximate surface area is 156 Å². The van der Waals surface area contributed by atoms with Gasteiger partial charge >= 0.3 is 0 Å². The highest BCUT2D eigenvalue weighted by molar-refractivity contribution is 9.10. The van der Waals surface area contributed by atoms with E-state index in [-0.39, 0.29) is 12.1 Å². The lowest BCUT2D eigenvalue weighted by Gasteiger charge is -2.41. The minimum Gasteiger partial charge on any atom is -0.396 e. The van der Waals surface area contributed by atoms with Gasteiger partial charge in [-0.2, -0.15) is 0 Å². The van der Waals surface area contributed by atoms with E-state index >= 15 is 0 Å². The zero-order valence-electron chi connectivity index (χ0n) is 14.2. The summed E-state index contributed by atoms with van der Waals surface area (Å²) in [6.07, 6.45) is 3.69. The Hall–Kier alpha value is -2.04. The zero-order valence-corrected chi connectivity index (χ0v) is 15.8. The molecule has 0 radical (unpaired) electrons. The number of aromatic nitrogens is 1. The van der Waals surface area contributed by atoms with Crippen molar-refractivity contribution in [1.82, 2.24) is 4.57 Å². The van der Waals surface area contributed by atoms with Crippen molar-refractivity contribution in [1.29, 1.82) is 0 Å². The SMILES string of the molecule is Cn1ccc2c1-c1ccccc1N[C@@]2(CCCO)c1ccc(Br)cc1. The maximum absolute atomic E-state index is 9.51. The Balaban J connectivity index is 1.97. The van der Waals surface area contributed by atoms with Crippen LogP contribution >= 0.6 is 15.9 Å². The van der Waals surface area contributed by atoms with Gasteiger partial charge in [-0.25, -0.2) is 0 Å². The number of anilines is 1. The van der Waals surface area contributed by atoms with Crippen molar-refractivity contribution in [3.63, 3.8) is 0 Å². The first-order valence-electron chi connectivity index (χ1n) is 8.56. The van der Waals surface area contributed by atoms with Gasteiger partial charge < -0.3 is 15.0 Å². The molecule has 2 N–H and O–H groups in total. The lowest BCUT2D eigenvalue weighted by atomic mass is 9.75. The molecule has 0 amide bonds. The van der Waals surface area contributed by atoms with E-state index in [2.05, 4.69) is 93.7 Å². The normalized spacial score (nSPS) is 18.4. The summed E-state index contributed by atoms with van der Waals surface area (Å²) in [7, 11) is 2.10. The number of hydrogen-bond acceptors (Lipinski definition) is 2. The Morgan fingerprint density at radius 2 is 1.84 bits per heavy atom. The molecule has 2 aromatic carbocycles. The average Bonchev–Trinajstić information content (AvgIpc) is 3.03. The van der Waals surface area contributed by atoms with E-state index in [1.807, 2.05) is 0 Å². The van der Waals surface area contributed by atoms with Crippen LogP contribution in [0.15, 0.2) is 65.3 Å². The quantitative estimate of drug-likeness (QED) is 0.658. The minimum atomic E-state index is -0.339. The van der Waals surface area contributed by atoms with Crippen molar-refractivity contribution in [2.24, 2.45) is 7.05 Å². The molecule has 1 aromatic heterocycles. The molecule has 2 heterocycles. The van der Waals surface area contributed by atoms with Crippen molar-refractivity contribution in [3.8, 4) is 11.3 Å². The molecule has 3 nitrogen and oxygen atoms in total. The second-order valence-electron chi connectivity index (χ2n) is 6.60. The smallest absolute Gasteiger partial charge is 0.0901 e. The van der Waals surface area contributed by atoms with Gasteiger partial charge in [-0.3, -0.25) is 0 Å². The summed E-state index contributed by atoms with van der Waals surface area (Å²) in [6.45, 7) is 0.184. The van der Waals surface area contributed by atoms with Gasteiger partial charge in [0.15, 0.2) is 0 Å². The van der Waals surface area contributed by atoms with Crippen molar-refractivity contribution in [2.45, 2.75) is 18.4 Å². The highest BCUT2D eigenvalue weighted by Crippen LogP contribution is 2.49. The van der Waals surface area contributed by atoms with Crippen LogP contribution in [0.2, 0.25) is 0 Å². The Morgan fingerprint density at radius 1 is 1.08 bits per heavy atom. The molecule has 0 aliphatic carbocycles. The first kappa shape index (κ1) is 16.4. The summed E-state index contributed by atoms with van der Waals surface area (Å²) in [5.41, 5.74) is 5.75. The van der Waals surface area contributed by atoms with Crippen LogP contribution in [0.4, 0.5) is 5.69 Å². The Kier molecular flexibility index (Phi) is 4.18. The van der Waals surface area contributed by atoms with Gasteiger partial charge in [-0.1, -0.05) is 46.3 Å². The first-order valence-corrected chi connectivity index (χ1v) is 9.35. The maximum atomic E-state index is 9.51. The van der Waals surface area contributed by atoms with E-state index in [4.69, 9.17) is 0 Å². The number of nitrogens with one attached hydrogen (secondary N) is 1. The standard InChI is InChI=1S/C21H21BrN2O/c1-24-13-11-18-20(24)17-5-2-3-6-19(17)23-21(18,12-4-14-25)15-7-9-16(22)10-8-15/h2-3,5-11,13,23,25H,4,12,14H2,1H3/t21-/m0/s1. The number of aryl methyl sites for hydroxylation is 1. The fourth-order valence-electron chi connectivity index (χ4n) is 3.95. The number of nitrogens with zero attached hydrogens (tertiary/aromatic N) is 1. The molecule has 0 unspecified atom stereocenters. The van der Waals surface area contributed by atoms with Crippen LogP contribution in [0.1, 0.15) is 24.0 Å². The third-order valence-electron chi connectivity index (χ3n) is 5.11. The number of aliphatic hydroxyl groups excluding tert-OH is 1. The molecule has 3 aromatic rings. The van der Waals surface area contributed by atoms with Gasteiger partial charge in [-0.05, 0) is 42.7 Å². The number of aliphatic hydroxyl groups is 1. The molecule has 1 aliphatic rings. The molecule has 4 heteroatoms. The Morgan fingerprint density at radius 3 is 2.60 bits per heavy atom. The van der Waals surface area contributed by atoms with Crippen molar-refractivity contribution in [3.05, 3.63) is 76.4 Å². The number of fused-ring (bicyclic) bond motifs is 3. The monoisotopic (exact) mass is 396 g/mol.